The lowest BCUT2D eigenvalue weighted by molar-refractivity contribution is -0.610. The van der Waals surface area contributed by atoms with E-state index in [0.717, 1.165) is 12.4 Å². The van der Waals surface area contributed by atoms with E-state index in [9.17, 15) is 15.3 Å². The molecular weight excluding hydrogens is 164 g/mol. The fourth-order valence-corrected chi connectivity index (χ4v) is 0.725. The molecule has 0 saturated carbocycles. The van der Waals surface area contributed by atoms with Gasteiger partial charge in [-0.3, -0.25) is 10.1 Å². The van der Waals surface area contributed by atoms with Gasteiger partial charge in [-0.1, -0.05) is 0 Å². The summed E-state index contributed by atoms with van der Waals surface area (Å²) < 4.78 is 4.99. The highest BCUT2D eigenvalue weighted by Gasteiger charge is 2.12. The molecule has 0 saturated heterocycles. The van der Waals surface area contributed by atoms with E-state index in [1.807, 2.05) is 0 Å². The maximum absolute atomic E-state index is 10.7. The van der Waals surface area contributed by atoms with Gasteiger partial charge in [0.15, 0.2) is 5.75 Å². The first-order valence-electron chi connectivity index (χ1n) is 3.05. The van der Waals surface area contributed by atoms with Crippen LogP contribution in [0.5, 0.6) is 5.75 Å². The highest BCUT2D eigenvalue weighted by atomic mass is 16.6. The smallest absolute Gasteiger partial charge is 0.337 e. The SMILES string of the molecule is COc1cc([N+](=O)[O-])c[n+]([O-])c1. The average molecular weight is 170 g/mol. The van der Waals surface area contributed by atoms with Crippen molar-refractivity contribution in [2.45, 2.75) is 0 Å². The van der Waals surface area contributed by atoms with Crippen molar-refractivity contribution >= 4 is 5.69 Å². The Kier molecular flexibility index (Phi) is 2.09. The molecule has 0 atom stereocenters. The summed E-state index contributed by atoms with van der Waals surface area (Å²) in [7, 11) is 1.33. The van der Waals surface area contributed by atoms with Gasteiger partial charge in [0, 0.05) is 0 Å². The van der Waals surface area contributed by atoms with Gasteiger partial charge in [-0.15, -0.1) is 0 Å². The fraction of sp³-hybridized carbons (Fsp3) is 0.167. The summed E-state index contributed by atoms with van der Waals surface area (Å²) in [6.45, 7) is 0. The molecule has 0 spiro atoms. The minimum absolute atomic E-state index is 0.166. The van der Waals surface area contributed by atoms with Gasteiger partial charge in [0.25, 0.3) is 6.20 Å². The van der Waals surface area contributed by atoms with Crippen molar-refractivity contribution in [3.05, 3.63) is 33.8 Å². The Morgan fingerprint density at radius 2 is 2.25 bits per heavy atom. The molecule has 1 heterocycles. The number of pyridine rings is 1. The van der Waals surface area contributed by atoms with Crippen LogP contribution in [0, 0.1) is 15.3 Å². The van der Waals surface area contributed by atoms with Gasteiger partial charge in [-0.2, -0.15) is 4.73 Å². The normalized spacial score (nSPS) is 9.42. The molecule has 12 heavy (non-hydrogen) atoms. The molecule has 0 unspecified atom stereocenters. The molecule has 64 valence electrons. The second-order valence-electron chi connectivity index (χ2n) is 2.05. The van der Waals surface area contributed by atoms with Crippen molar-refractivity contribution in [2.24, 2.45) is 0 Å². The molecule has 0 radical (unpaired) electrons. The molecule has 1 aromatic heterocycles. The van der Waals surface area contributed by atoms with E-state index in [-0.39, 0.29) is 11.4 Å². The maximum atomic E-state index is 10.7. The Bertz CT molecular complexity index is 312. The summed E-state index contributed by atoms with van der Waals surface area (Å²) in [6, 6.07) is 1.18. The second-order valence-corrected chi connectivity index (χ2v) is 2.05. The summed E-state index contributed by atoms with van der Waals surface area (Å²) in [5.74, 6) is 0.166. The molecule has 0 bridgehead atoms. The monoisotopic (exact) mass is 170 g/mol. The van der Waals surface area contributed by atoms with E-state index in [0.29, 0.717) is 4.73 Å². The summed E-state index contributed by atoms with van der Waals surface area (Å²) in [4.78, 5) is 9.56. The number of hydrogen-bond acceptors (Lipinski definition) is 4. The molecule has 0 N–H and O–H groups in total. The van der Waals surface area contributed by atoms with Crippen LogP contribution < -0.4 is 9.47 Å². The van der Waals surface area contributed by atoms with Crippen molar-refractivity contribution in [3.63, 3.8) is 0 Å². The number of rotatable bonds is 2. The maximum Gasteiger partial charge on any atom is 0.337 e. The Balaban J connectivity index is 3.15. The summed E-state index contributed by atoms with van der Waals surface area (Å²) >= 11 is 0. The zero-order chi connectivity index (χ0) is 9.14. The number of methoxy groups -OCH3 is 1. The molecule has 6 heteroatoms. The number of ether oxygens (including phenoxy) is 1. The topological polar surface area (TPSA) is 79.3 Å². The molecule has 0 aliphatic carbocycles. The third-order valence-electron chi connectivity index (χ3n) is 1.25. The molecule has 0 fully saturated rings. The number of hydrogen-bond donors (Lipinski definition) is 0. The van der Waals surface area contributed by atoms with Crippen molar-refractivity contribution < 1.29 is 14.4 Å². The first-order chi connectivity index (χ1) is 5.63. The highest BCUT2D eigenvalue weighted by molar-refractivity contribution is 5.31. The zero-order valence-corrected chi connectivity index (χ0v) is 6.26. The number of aromatic nitrogens is 1. The van der Waals surface area contributed by atoms with Gasteiger partial charge in [-0.25, -0.2) is 0 Å². The third-order valence-corrected chi connectivity index (χ3v) is 1.25. The van der Waals surface area contributed by atoms with Crippen LogP contribution in [-0.4, -0.2) is 12.0 Å². The van der Waals surface area contributed by atoms with Crippen molar-refractivity contribution in [1.82, 2.24) is 0 Å². The van der Waals surface area contributed by atoms with Crippen molar-refractivity contribution in [3.8, 4) is 5.75 Å². The lowest BCUT2D eigenvalue weighted by Crippen LogP contribution is -2.25. The van der Waals surface area contributed by atoms with E-state index in [2.05, 4.69) is 4.74 Å². The predicted octanol–water partition coefficient (Wildman–Crippen LogP) is 0.237. The molecule has 0 aliphatic rings. The quantitative estimate of drug-likeness (QED) is 0.275. The van der Waals surface area contributed by atoms with E-state index in [1.165, 1.54) is 13.2 Å². The molecule has 6 nitrogen and oxygen atoms in total. The van der Waals surface area contributed by atoms with Crippen molar-refractivity contribution in [2.75, 3.05) is 7.11 Å². The van der Waals surface area contributed by atoms with Crippen LogP contribution in [0.2, 0.25) is 0 Å². The van der Waals surface area contributed by atoms with E-state index >= 15 is 0 Å². The lowest BCUT2D eigenvalue weighted by Gasteiger charge is -1.99. The molecule has 1 rings (SSSR count). The molecule has 0 amide bonds. The van der Waals surface area contributed by atoms with Crippen LogP contribution in [0.25, 0.3) is 0 Å². The Labute approximate surface area is 67.7 Å². The van der Waals surface area contributed by atoms with Crippen molar-refractivity contribution in [1.29, 1.82) is 0 Å². The predicted molar refractivity (Wildman–Crippen MR) is 38.6 cm³/mol. The molecule has 0 aromatic carbocycles. The molecule has 0 aliphatic heterocycles. The average Bonchev–Trinajstić information content (AvgIpc) is 2.03. The first-order valence-corrected chi connectivity index (χ1v) is 3.05. The van der Waals surface area contributed by atoms with Crippen LogP contribution >= 0.6 is 0 Å². The van der Waals surface area contributed by atoms with Crippen LogP contribution in [0.4, 0.5) is 5.69 Å². The minimum Gasteiger partial charge on any atom is -0.618 e. The Morgan fingerprint density at radius 1 is 1.58 bits per heavy atom. The van der Waals surface area contributed by atoms with Gasteiger partial charge >= 0.3 is 5.69 Å². The summed E-state index contributed by atoms with van der Waals surface area (Å²) in [5.41, 5.74) is -0.288. The van der Waals surface area contributed by atoms with E-state index in [4.69, 9.17) is 0 Å². The highest BCUT2D eigenvalue weighted by Crippen LogP contribution is 2.14. The zero-order valence-electron chi connectivity index (χ0n) is 6.26. The third kappa shape index (κ3) is 1.60. The number of nitro groups is 1. The fourth-order valence-electron chi connectivity index (χ4n) is 0.725. The van der Waals surface area contributed by atoms with Gasteiger partial charge in [-0.05, 0) is 0 Å². The van der Waals surface area contributed by atoms with Gasteiger partial charge in [0.1, 0.15) is 0 Å². The molecular formula is C6H6N2O4. The number of nitrogens with zero attached hydrogens (tertiary/aromatic N) is 2. The summed E-state index contributed by atoms with van der Waals surface area (Å²) in [6.07, 6.45) is 1.97. The largest absolute Gasteiger partial charge is 0.618 e. The van der Waals surface area contributed by atoms with Gasteiger partial charge in [0.05, 0.1) is 18.1 Å². The first kappa shape index (κ1) is 8.25. The second kappa shape index (κ2) is 3.04. The van der Waals surface area contributed by atoms with Gasteiger partial charge in [0.2, 0.25) is 6.20 Å². The Hall–Kier alpha value is -1.85. The van der Waals surface area contributed by atoms with E-state index < -0.39 is 4.92 Å². The van der Waals surface area contributed by atoms with Crippen LogP contribution in [0.15, 0.2) is 18.5 Å². The van der Waals surface area contributed by atoms with Crippen LogP contribution in [-0.2, 0) is 0 Å². The Morgan fingerprint density at radius 3 is 2.75 bits per heavy atom. The minimum atomic E-state index is -0.656. The lowest BCUT2D eigenvalue weighted by atomic mass is 10.4. The van der Waals surface area contributed by atoms with Crippen LogP contribution in [0.1, 0.15) is 0 Å². The van der Waals surface area contributed by atoms with Crippen LogP contribution in [0.3, 0.4) is 0 Å². The van der Waals surface area contributed by atoms with E-state index in [1.54, 1.807) is 0 Å². The molecule has 1 aromatic rings. The standard InChI is InChI=1S/C6H6N2O4/c1-12-6-2-5(8(10)11)3-7(9)4-6/h2-4H,1H3. The summed E-state index contributed by atoms with van der Waals surface area (Å²) in [5, 5.41) is 20.9. The van der Waals surface area contributed by atoms with Gasteiger partial charge < -0.3 is 9.94 Å².